The maximum Gasteiger partial charge on any atom is 0.165 e. The van der Waals surface area contributed by atoms with Crippen molar-refractivity contribution in [1.29, 1.82) is 0 Å². The zero-order valence-corrected chi connectivity index (χ0v) is 17.9. The van der Waals surface area contributed by atoms with Gasteiger partial charge < -0.3 is 0 Å². The molecule has 0 unspecified atom stereocenters. The highest BCUT2D eigenvalue weighted by atomic mass is 32.2. The van der Waals surface area contributed by atoms with Crippen molar-refractivity contribution in [2.45, 2.75) is 41.5 Å². The van der Waals surface area contributed by atoms with Crippen LogP contribution in [0, 0.1) is 49.5 Å². The Morgan fingerprint density at radius 2 is 1.00 bits per heavy atom. The van der Waals surface area contributed by atoms with E-state index in [1.54, 1.807) is 22.7 Å². The Bertz CT molecular complexity index is 979. The second-order valence-corrected chi connectivity index (χ2v) is 9.16. The molecule has 2 heterocycles. The number of nitrogens with zero attached hydrogens (tertiary/aromatic N) is 2. The molecule has 0 radical (unpaired) electrons. The van der Waals surface area contributed by atoms with Crippen LogP contribution >= 0.6 is 47.1 Å². The molecule has 0 aliphatic carbocycles. The van der Waals surface area contributed by atoms with E-state index in [1.807, 2.05) is 0 Å². The highest BCUT2D eigenvalue weighted by Gasteiger charge is 2.20. The summed E-state index contributed by atoms with van der Waals surface area (Å²) in [6, 6.07) is 0. The molecule has 0 aliphatic heterocycles. The number of hydrogen-bond acceptors (Lipinski definition) is 4. The van der Waals surface area contributed by atoms with Crippen molar-refractivity contribution in [1.82, 2.24) is 9.13 Å². The monoisotopic (exact) mass is 392 g/mol. The van der Waals surface area contributed by atoms with E-state index in [0.29, 0.717) is 0 Å². The van der Waals surface area contributed by atoms with Crippen LogP contribution in [0.1, 0.15) is 33.6 Å². The minimum atomic E-state index is 0.888. The Hall–Kier alpha value is -1.08. The maximum absolute atomic E-state index is 5.60. The Morgan fingerprint density at radius 1 is 0.625 bits per heavy atom. The number of hydrogen-bond donors (Lipinski definition) is 0. The number of aryl methyl sites for hydroxylation is 2. The van der Waals surface area contributed by atoms with Crippen LogP contribution in [0.15, 0.2) is 10.8 Å². The van der Waals surface area contributed by atoms with Gasteiger partial charge in [-0.3, -0.25) is 9.13 Å². The van der Waals surface area contributed by atoms with Gasteiger partial charge >= 0.3 is 0 Å². The first-order valence-corrected chi connectivity index (χ1v) is 10.3. The molecule has 0 amide bonds. The molecule has 0 fully saturated rings. The average molecular weight is 393 g/mol. The molecule has 0 saturated heterocycles. The fourth-order valence-electron chi connectivity index (χ4n) is 3.29. The van der Waals surface area contributed by atoms with Crippen molar-refractivity contribution >= 4 is 47.1 Å². The van der Waals surface area contributed by atoms with Crippen LogP contribution < -0.4 is 0 Å². The molecule has 0 spiro atoms. The van der Waals surface area contributed by atoms with Crippen LogP contribution in [0.4, 0.5) is 0 Å². The molecule has 0 bridgehead atoms. The molecule has 0 saturated carbocycles. The highest BCUT2D eigenvalue weighted by molar-refractivity contribution is 7.73. The molecule has 2 aromatic heterocycles. The van der Waals surface area contributed by atoms with Gasteiger partial charge in [0, 0.05) is 22.1 Å². The van der Waals surface area contributed by atoms with Crippen LogP contribution in [0.2, 0.25) is 0 Å². The summed E-state index contributed by atoms with van der Waals surface area (Å²) in [7, 11) is 0. The summed E-state index contributed by atoms with van der Waals surface area (Å²) in [5, 5.41) is 4.25. The number of aromatic nitrogens is 2. The van der Waals surface area contributed by atoms with Gasteiger partial charge in [-0.15, -0.1) is 22.7 Å². The normalized spacial score (nSPS) is 11.2. The van der Waals surface area contributed by atoms with Crippen LogP contribution in [0.25, 0.3) is 11.4 Å². The summed E-state index contributed by atoms with van der Waals surface area (Å²) in [5.74, 6) is 0. The number of rotatable bonds is 2. The van der Waals surface area contributed by atoms with Crippen molar-refractivity contribution in [3.63, 3.8) is 0 Å². The van der Waals surface area contributed by atoms with E-state index in [-0.39, 0.29) is 0 Å². The minimum Gasteiger partial charge on any atom is -0.296 e. The number of benzene rings is 1. The molecular weight excluding hydrogens is 372 g/mol. The van der Waals surface area contributed by atoms with Crippen molar-refractivity contribution in [3.05, 3.63) is 52.3 Å². The molecule has 3 rings (SSSR count). The Morgan fingerprint density at radius 3 is 1.29 bits per heavy atom. The molecule has 6 heteroatoms. The van der Waals surface area contributed by atoms with E-state index in [1.165, 1.54) is 45.0 Å². The molecule has 0 aliphatic rings. The van der Waals surface area contributed by atoms with Gasteiger partial charge in [-0.05, 0) is 88.2 Å². The molecular formula is C18H20N2S4. The second kappa shape index (κ2) is 6.33. The van der Waals surface area contributed by atoms with Crippen molar-refractivity contribution in [2.24, 2.45) is 0 Å². The van der Waals surface area contributed by atoms with Crippen molar-refractivity contribution < 1.29 is 0 Å². The van der Waals surface area contributed by atoms with E-state index in [0.717, 1.165) is 7.91 Å². The van der Waals surface area contributed by atoms with Crippen LogP contribution in [-0.4, -0.2) is 9.13 Å². The summed E-state index contributed by atoms with van der Waals surface area (Å²) in [4.78, 5) is 0. The van der Waals surface area contributed by atoms with E-state index in [2.05, 4.69) is 61.4 Å². The lowest BCUT2D eigenvalue weighted by Gasteiger charge is -2.23. The van der Waals surface area contributed by atoms with Crippen molar-refractivity contribution in [3.8, 4) is 11.4 Å². The lowest BCUT2D eigenvalue weighted by Crippen LogP contribution is -2.11. The van der Waals surface area contributed by atoms with Crippen molar-refractivity contribution in [2.75, 3.05) is 0 Å². The fourth-order valence-corrected chi connectivity index (χ4v) is 5.48. The lowest BCUT2D eigenvalue weighted by atomic mass is 9.95. The summed E-state index contributed by atoms with van der Waals surface area (Å²) >= 11 is 14.4. The van der Waals surface area contributed by atoms with Gasteiger partial charge in [0.25, 0.3) is 0 Å². The molecule has 3 aromatic rings. The smallest absolute Gasteiger partial charge is 0.165 e. The fraction of sp³-hybridized carbons (Fsp3) is 0.333. The predicted octanol–water partition coefficient (Wildman–Crippen LogP) is 6.70. The highest BCUT2D eigenvalue weighted by Crippen LogP contribution is 2.35. The lowest BCUT2D eigenvalue weighted by molar-refractivity contribution is 0.928. The third kappa shape index (κ3) is 2.56. The SMILES string of the molecule is Cc1c(C)c(-n2c(C)csc2=S)c(C)c(-n2c(C)csc2=S)c1C. The largest absolute Gasteiger partial charge is 0.296 e. The van der Waals surface area contributed by atoms with E-state index >= 15 is 0 Å². The summed E-state index contributed by atoms with van der Waals surface area (Å²) in [5.41, 5.74) is 9.84. The Balaban J connectivity index is 2.51. The standard InChI is InChI=1S/C18H20N2S4/c1-9-7-23-17(21)19(9)15-12(4)11(3)13(5)16(14(15)6)20-10(2)8-24-18(20)22/h7-8H,1-6H3. The summed E-state index contributed by atoms with van der Waals surface area (Å²) in [6.45, 7) is 13.0. The molecule has 126 valence electrons. The first-order chi connectivity index (χ1) is 11.3. The van der Waals surface area contributed by atoms with Gasteiger partial charge in [-0.2, -0.15) is 0 Å². The zero-order chi connectivity index (χ0) is 17.8. The van der Waals surface area contributed by atoms with Gasteiger partial charge in [0.1, 0.15) is 0 Å². The second-order valence-electron chi connectivity index (χ2n) is 6.15. The molecule has 1 aromatic carbocycles. The topological polar surface area (TPSA) is 9.86 Å². The van der Waals surface area contributed by atoms with Gasteiger partial charge in [0.05, 0.1) is 11.4 Å². The average Bonchev–Trinajstić information content (AvgIpc) is 3.03. The van der Waals surface area contributed by atoms with Crippen LogP contribution in [0.5, 0.6) is 0 Å². The quantitative estimate of drug-likeness (QED) is 0.449. The van der Waals surface area contributed by atoms with Crippen LogP contribution in [-0.2, 0) is 0 Å². The van der Waals surface area contributed by atoms with Gasteiger partial charge in [-0.1, -0.05) is 0 Å². The van der Waals surface area contributed by atoms with Gasteiger partial charge in [0.2, 0.25) is 0 Å². The third-order valence-corrected chi connectivity index (χ3v) is 7.35. The third-order valence-electron chi connectivity index (χ3n) is 4.72. The van der Waals surface area contributed by atoms with Gasteiger partial charge in [-0.25, -0.2) is 0 Å². The first kappa shape index (κ1) is 17.7. The molecule has 24 heavy (non-hydrogen) atoms. The zero-order valence-electron chi connectivity index (χ0n) is 14.7. The molecule has 0 N–H and O–H groups in total. The molecule has 2 nitrogen and oxygen atoms in total. The Labute approximate surface area is 161 Å². The van der Waals surface area contributed by atoms with E-state index in [4.69, 9.17) is 24.4 Å². The molecule has 0 atom stereocenters. The minimum absolute atomic E-state index is 0.888. The van der Waals surface area contributed by atoms with Crippen LogP contribution in [0.3, 0.4) is 0 Å². The Kier molecular flexibility index (Phi) is 4.68. The maximum atomic E-state index is 5.60. The first-order valence-electron chi connectivity index (χ1n) is 7.71. The van der Waals surface area contributed by atoms with E-state index in [9.17, 15) is 0 Å². The predicted molar refractivity (Wildman–Crippen MR) is 111 cm³/mol. The van der Waals surface area contributed by atoms with Gasteiger partial charge in [0.15, 0.2) is 7.91 Å². The summed E-state index contributed by atoms with van der Waals surface area (Å²) < 4.78 is 6.18. The van der Waals surface area contributed by atoms with E-state index < -0.39 is 0 Å². The summed E-state index contributed by atoms with van der Waals surface area (Å²) in [6.07, 6.45) is 0. The number of thiazole rings is 2.